The van der Waals surface area contributed by atoms with Crippen LogP contribution >= 0.6 is 0 Å². The fraction of sp³-hybridized carbons (Fsp3) is 0.565. The van der Waals surface area contributed by atoms with Crippen molar-refractivity contribution in [2.75, 3.05) is 6.61 Å². The average Bonchev–Trinajstić information content (AvgIpc) is 3.44. The molecule has 3 heterocycles. The van der Waals surface area contributed by atoms with E-state index in [1.165, 1.54) is 6.42 Å². The maximum absolute atomic E-state index is 12.7. The monoisotopic (exact) mass is 441 g/mol. The number of imidazole rings is 1. The van der Waals surface area contributed by atoms with Crippen LogP contribution in [-0.4, -0.2) is 37.7 Å². The minimum atomic E-state index is -0.425. The lowest BCUT2D eigenvalue weighted by Crippen LogP contribution is -2.43. The summed E-state index contributed by atoms with van der Waals surface area (Å²) in [6.45, 7) is 4.97. The Labute approximate surface area is 186 Å². The minimum absolute atomic E-state index is 0.119. The first kappa shape index (κ1) is 22.1. The maximum Gasteiger partial charge on any atom is 0.352 e. The first-order valence-electron chi connectivity index (χ1n) is 11.5. The quantitative estimate of drug-likeness (QED) is 0.547. The smallest absolute Gasteiger partial charge is 0.352 e. The molecule has 1 aliphatic carbocycles. The number of hydrogen-bond acceptors (Lipinski definition) is 6. The molecule has 32 heavy (non-hydrogen) atoms. The Morgan fingerprint density at radius 2 is 2.19 bits per heavy atom. The SMILES string of the molecule is CCCCn1c(=O)nc(OCC(=O)N[C@H]2CCCC[C@H]2C)c2c1ncn2Cc1ccco1. The molecule has 1 saturated carbocycles. The number of aryl methyl sites for hydroxylation is 1. The van der Waals surface area contributed by atoms with Gasteiger partial charge in [0.15, 0.2) is 12.3 Å². The molecule has 0 aromatic carbocycles. The molecule has 9 nitrogen and oxygen atoms in total. The molecule has 1 fully saturated rings. The lowest BCUT2D eigenvalue weighted by atomic mass is 9.86. The molecule has 0 aliphatic heterocycles. The molecule has 172 valence electrons. The second-order valence-corrected chi connectivity index (χ2v) is 8.55. The third-order valence-corrected chi connectivity index (χ3v) is 6.14. The third-order valence-electron chi connectivity index (χ3n) is 6.14. The first-order valence-corrected chi connectivity index (χ1v) is 11.5. The van der Waals surface area contributed by atoms with Crippen LogP contribution in [0.3, 0.4) is 0 Å². The summed E-state index contributed by atoms with van der Waals surface area (Å²) in [6.07, 6.45) is 9.48. The number of rotatable bonds is 9. The van der Waals surface area contributed by atoms with Crippen molar-refractivity contribution >= 4 is 17.1 Å². The van der Waals surface area contributed by atoms with Gasteiger partial charge in [0.05, 0.1) is 19.1 Å². The topological polar surface area (TPSA) is 104 Å². The Kier molecular flexibility index (Phi) is 6.92. The van der Waals surface area contributed by atoms with Crippen molar-refractivity contribution in [3.63, 3.8) is 0 Å². The molecule has 0 spiro atoms. The van der Waals surface area contributed by atoms with Gasteiger partial charge in [0.1, 0.15) is 11.3 Å². The molecule has 0 unspecified atom stereocenters. The molecular weight excluding hydrogens is 410 g/mol. The predicted molar refractivity (Wildman–Crippen MR) is 120 cm³/mol. The predicted octanol–water partition coefficient (Wildman–Crippen LogP) is 3.11. The van der Waals surface area contributed by atoms with Crippen molar-refractivity contribution in [2.24, 2.45) is 5.92 Å². The van der Waals surface area contributed by atoms with Gasteiger partial charge in [-0.25, -0.2) is 9.78 Å². The van der Waals surface area contributed by atoms with E-state index in [1.807, 2.05) is 16.7 Å². The zero-order valence-electron chi connectivity index (χ0n) is 18.7. The molecule has 3 aromatic heterocycles. The van der Waals surface area contributed by atoms with Crippen molar-refractivity contribution < 1.29 is 13.9 Å². The van der Waals surface area contributed by atoms with Gasteiger partial charge in [-0.05, 0) is 37.3 Å². The van der Waals surface area contributed by atoms with Crippen molar-refractivity contribution in [2.45, 2.75) is 71.5 Å². The van der Waals surface area contributed by atoms with E-state index in [0.717, 1.165) is 37.9 Å². The van der Waals surface area contributed by atoms with E-state index in [1.54, 1.807) is 17.2 Å². The number of unbranched alkanes of at least 4 members (excludes halogenated alkanes) is 1. The number of carbonyl (C=O) groups is 1. The summed E-state index contributed by atoms with van der Waals surface area (Å²) < 4.78 is 14.6. The van der Waals surface area contributed by atoms with Gasteiger partial charge in [0, 0.05) is 12.6 Å². The summed E-state index contributed by atoms with van der Waals surface area (Å²) in [6, 6.07) is 3.85. The Bertz CT molecular complexity index is 1100. The van der Waals surface area contributed by atoms with Crippen LogP contribution in [0.4, 0.5) is 0 Å². The number of ether oxygens (including phenoxy) is 1. The van der Waals surface area contributed by atoms with Crippen LogP contribution in [0.5, 0.6) is 5.88 Å². The molecule has 3 aromatic rings. The Hall–Kier alpha value is -3.10. The molecule has 9 heteroatoms. The highest BCUT2D eigenvalue weighted by Crippen LogP contribution is 2.24. The van der Waals surface area contributed by atoms with Gasteiger partial charge in [-0.15, -0.1) is 0 Å². The van der Waals surface area contributed by atoms with Gasteiger partial charge in [0.25, 0.3) is 5.91 Å². The molecule has 4 rings (SSSR count). The molecule has 1 N–H and O–H groups in total. The number of aromatic nitrogens is 4. The molecule has 0 bridgehead atoms. The second kappa shape index (κ2) is 10.0. The van der Waals surface area contributed by atoms with Gasteiger partial charge in [-0.3, -0.25) is 9.36 Å². The highest BCUT2D eigenvalue weighted by atomic mass is 16.5. The number of nitrogens with zero attached hydrogens (tertiary/aromatic N) is 4. The summed E-state index contributed by atoms with van der Waals surface area (Å²) >= 11 is 0. The van der Waals surface area contributed by atoms with Gasteiger partial charge >= 0.3 is 5.69 Å². The van der Waals surface area contributed by atoms with E-state index >= 15 is 0 Å². The third kappa shape index (κ3) is 4.87. The summed E-state index contributed by atoms with van der Waals surface area (Å²) in [5.41, 5.74) is 0.655. The van der Waals surface area contributed by atoms with Crippen molar-refractivity contribution in [3.05, 3.63) is 41.0 Å². The largest absolute Gasteiger partial charge is 0.467 e. The van der Waals surface area contributed by atoms with Crippen LogP contribution in [-0.2, 0) is 17.9 Å². The maximum atomic E-state index is 12.7. The molecule has 1 aliphatic rings. The lowest BCUT2D eigenvalue weighted by Gasteiger charge is -2.29. The van der Waals surface area contributed by atoms with Crippen LogP contribution in [0.25, 0.3) is 11.2 Å². The molecular formula is C23H31N5O4. The standard InChI is InChI=1S/C23H31N5O4/c1-3-4-11-28-21-20(27(15-24-21)13-17-9-7-12-31-17)22(26-23(28)30)32-14-19(29)25-18-10-6-5-8-16(18)2/h7,9,12,15-16,18H,3-6,8,10-11,13-14H2,1-2H3,(H,25,29)/t16-,18+/m1/s1. The average molecular weight is 442 g/mol. The van der Waals surface area contributed by atoms with Crippen LogP contribution in [0, 0.1) is 5.92 Å². The number of nitrogens with one attached hydrogen (secondary N) is 1. The van der Waals surface area contributed by atoms with Gasteiger partial charge in [0.2, 0.25) is 5.88 Å². The van der Waals surface area contributed by atoms with E-state index in [0.29, 0.717) is 30.2 Å². The van der Waals surface area contributed by atoms with E-state index in [9.17, 15) is 9.59 Å². The number of amides is 1. The summed E-state index contributed by atoms with van der Waals surface area (Å²) in [4.78, 5) is 33.9. The number of furan rings is 1. The highest BCUT2D eigenvalue weighted by Gasteiger charge is 2.24. The zero-order chi connectivity index (χ0) is 22.5. The lowest BCUT2D eigenvalue weighted by molar-refractivity contribution is -0.124. The number of fused-ring (bicyclic) bond motifs is 1. The Morgan fingerprint density at radius 1 is 1.34 bits per heavy atom. The molecule has 0 radical (unpaired) electrons. The highest BCUT2D eigenvalue weighted by molar-refractivity contribution is 5.80. The van der Waals surface area contributed by atoms with Crippen molar-refractivity contribution in [1.82, 2.24) is 24.4 Å². The molecule has 1 amide bonds. The summed E-state index contributed by atoms with van der Waals surface area (Å²) in [7, 11) is 0. The Balaban J connectivity index is 1.58. The van der Waals surface area contributed by atoms with Crippen LogP contribution in [0.15, 0.2) is 33.9 Å². The first-order chi connectivity index (χ1) is 15.6. The fourth-order valence-electron chi connectivity index (χ4n) is 4.30. The van der Waals surface area contributed by atoms with Crippen LogP contribution in [0.2, 0.25) is 0 Å². The van der Waals surface area contributed by atoms with Gasteiger partial charge in [-0.1, -0.05) is 33.1 Å². The normalized spacial score (nSPS) is 18.7. The van der Waals surface area contributed by atoms with Crippen molar-refractivity contribution in [1.29, 1.82) is 0 Å². The molecule has 2 atom stereocenters. The summed E-state index contributed by atoms with van der Waals surface area (Å²) in [5.74, 6) is 1.11. The van der Waals surface area contributed by atoms with E-state index in [-0.39, 0.29) is 24.4 Å². The van der Waals surface area contributed by atoms with E-state index < -0.39 is 5.69 Å². The van der Waals surface area contributed by atoms with Crippen LogP contribution in [0.1, 0.15) is 58.1 Å². The van der Waals surface area contributed by atoms with Gasteiger partial charge < -0.3 is 19.0 Å². The fourth-order valence-corrected chi connectivity index (χ4v) is 4.30. The Morgan fingerprint density at radius 3 is 2.94 bits per heavy atom. The van der Waals surface area contributed by atoms with Crippen molar-refractivity contribution in [3.8, 4) is 5.88 Å². The van der Waals surface area contributed by atoms with Crippen LogP contribution < -0.4 is 15.7 Å². The van der Waals surface area contributed by atoms with Gasteiger partial charge in [-0.2, -0.15) is 4.98 Å². The van der Waals surface area contributed by atoms with E-state index in [2.05, 4.69) is 29.1 Å². The number of carbonyl (C=O) groups excluding carboxylic acids is 1. The summed E-state index contributed by atoms with van der Waals surface area (Å²) in [5, 5.41) is 3.07. The molecule has 0 saturated heterocycles. The zero-order valence-corrected chi connectivity index (χ0v) is 18.7. The minimum Gasteiger partial charge on any atom is -0.467 e. The second-order valence-electron chi connectivity index (χ2n) is 8.55. The number of hydrogen-bond donors (Lipinski definition) is 1. The van der Waals surface area contributed by atoms with E-state index in [4.69, 9.17) is 9.15 Å².